The summed E-state index contributed by atoms with van der Waals surface area (Å²) in [7, 11) is 0. The van der Waals surface area contributed by atoms with Gasteiger partial charge >= 0.3 is 0 Å². The van der Waals surface area contributed by atoms with Crippen LogP contribution >= 0.6 is 23.2 Å². The number of hydrogen-bond acceptors (Lipinski definition) is 2. The van der Waals surface area contributed by atoms with Crippen LogP contribution in [-0.4, -0.2) is 18.4 Å². The largest absolute Gasteiger partial charge is 0.314 e. The van der Waals surface area contributed by atoms with Crippen molar-refractivity contribution in [2.75, 3.05) is 6.54 Å². The van der Waals surface area contributed by atoms with Crippen LogP contribution in [0.1, 0.15) is 30.6 Å². The van der Waals surface area contributed by atoms with Gasteiger partial charge in [0, 0.05) is 23.0 Å². The third-order valence-corrected chi connectivity index (χ3v) is 2.84. The Bertz CT molecular complexity index is 379. The van der Waals surface area contributed by atoms with E-state index in [1.54, 1.807) is 18.2 Å². The van der Waals surface area contributed by atoms with Crippen LogP contribution in [0.3, 0.4) is 0 Å². The van der Waals surface area contributed by atoms with Crippen LogP contribution in [0.25, 0.3) is 0 Å². The summed E-state index contributed by atoms with van der Waals surface area (Å²) in [6.45, 7) is 4.82. The Morgan fingerprint density at radius 3 is 2.75 bits per heavy atom. The maximum absolute atomic E-state index is 11.9. The van der Waals surface area contributed by atoms with Gasteiger partial charge in [0.25, 0.3) is 0 Å². The van der Waals surface area contributed by atoms with Gasteiger partial charge in [-0.15, -0.1) is 0 Å². The van der Waals surface area contributed by atoms with E-state index in [4.69, 9.17) is 23.2 Å². The van der Waals surface area contributed by atoms with Crippen LogP contribution in [0.4, 0.5) is 0 Å². The Morgan fingerprint density at radius 2 is 2.12 bits per heavy atom. The van der Waals surface area contributed by atoms with Crippen LogP contribution in [0.15, 0.2) is 18.2 Å². The zero-order chi connectivity index (χ0) is 12.1. The van der Waals surface area contributed by atoms with E-state index in [1.165, 1.54) is 0 Å². The van der Waals surface area contributed by atoms with Gasteiger partial charge in [0.15, 0.2) is 5.78 Å². The molecule has 1 aromatic rings. The fourth-order valence-electron chi connectivity index (χ4n) is 1.52. The van der Waals surface area contributed by atoms with Gasteiger partial charge < -0.3 is 5.32 Å². The lowest BCUT2D eigenvalue weighted by Gasteiger charge is -2.11. The van der Waals surface area contributed by atoms with E-state index in [1.807, 2.05) is 13.8 Å². The third kappa shape index (κ3) is 3.78. The number of halogens is 2. The summed E-state index contributed by atoms with van der Waals surface area (Å²) in [6, 6.07) is 5.08. The zero-order valence-electron chi connectivity index (χ0n) is 9.39. The predicted molar refractivity (Wildman–Crippen MR) is 68.5 cm³/mol. The average Bonchev–Trinajstić information content (AvgIpc) is 2.21. The minimum absolute atomic E-state index is 0.0148. The first kappa shape index (κ1) is 13.5. The molecule has 1 aromatic carbocycles. The number of rotatable bonds is 5. The molecule has 4 heteroatoms. The van der Waals surface area contributed by atoms with E-state index in [0.29, 0.717) is 22.0 Å². The summed E-state index contributed by atoms with van der Waals surface area (Å²) in [6.07, 6.45) is 0.425. The molecule has 0 aromatic heterocycles. The Morgan fingerprint density at radius 1 is 1.44 bits per heavy atom. The second kappa shape index (κ2) is 6.24. The second-order valence-electron chi connectivity index (χ2n) is 3.71. The van der Waals surface area contributed by atoms with Gasteiger partial charge in [-0.05, 0) is 31.7 Å². The lowest BCUT2D eigenvalue weighted by atomic mass is 10.0. The second-order valence-corrected chi connectivity index (χ2v) is 4.55. The van der Waals surface area contributed by atoms with Crippen molar-refractivity contribution in [2.45, 2.75) is 26.3 Å². The Balaban J connectivity index is 2.76. The molecular formula is C12H15Cl2NO. The molecule has 16 heavy (non-hydrogen) atoms. The molecule has 0 aliphatic heterocycles. The molecule has 2 nitrogen and oxygen atoms in total. The van der Waals surface area contributed by atoms with Gasteiger partial charge in [-0.3, -0.25) is 4.79 Å². The highest BCUT2D eigenvalue weighted by atomic mass is 35.5. The van der Waals surface area contributed by atoms with Gasteiger partial charge in [-0.2, -0.15) is 0 Å². The molecule has 0 heterocycles. The molecular weight excluding hydrogens is 245 g/mol. The number of carbonyl (C=O) groups is 1. The molecule has 1 unspecified atom stereocenters. The summed E-state index contributed by atoms with van der Waals surface area (Å²) in [5, 5.41) is 4.17. The molecule has 0 spiro atoms. The number of nitrogens with one attached hydrogen (secondary N) is 1. The molecule has 0 aliphatic carbocycles. The topological polar surface area (TPSA) is 29.1 Å². The highest BCUT2D eigenvalue weighted by Crippen LogP contribution is 2.22. The van der Waals surface area contributed by atoms with Crippen molar-refractivity contribution in [3.8, 4) is 0 Å². The van der Waals surface area contributed by atoms with E-state index in [9.17, 15) is 4.79 Å². The van der Waals surface area contributed by atoms with E-state index in [-0.39, 0.29) is 11.8 Å². The van der Waals surface area contributed by atoms with Crippen LogP contribution in [0, 0.1) is 0 Å². The van der Waals surface area contributed by atoms with Crippen LogP contribution in [0.2, 0.25) is 10.0 Å². The minimum atomic E-state index is 0.0148. The molecule has 1 rings (SSSR count). The van der Waals surface area contributed by atoms with Gasteiger partial charge in [-0.1, -0.05) is 30.1 Å². The van der Waals surface area contributed by atoms with Crippen LogP contribution < -0.4 is 5.32 Å². The summed E-state index contributed by atoms with van der Waals surface area (Å²) >= 11 is 11.8. The molecule has 0 saturated carbocycles. The smallest absolute Gasteiger partial charge is 0.165 e. The van der Waals surface area contributed by atoms with E-state index >= 15 is 0 Å². The SMILES string of the molecule is CCNC(C)CC(=O)c1cc(Cl)ccc1Cl. The summed E-state index contributed by atoms with van der Waals surface area (Å²) < 4.78 is 0. The van der Waals surface area contributed by atoms with Gasteiger partial charge in [0.05, 0.1) is 5.02 Å². The van der Waals surface area contributed by atoms with E-state index in [2.05, 4.69) is 5.32 Å². The van der Waals surface area contributed by atoms with Crippen molar-refractivity contribution in [1.82, 2.24) is 5.32 Å². The summed E-state index contributed by atoms with van der Waals surface area (Å²) in [4.78, 5) is 11.9. The Labute approximate surface area is 106 Å². The summed E-state index contributed by atoms with van der Waals surface area (Å²) in [5.41, 5.74) is 0.499. The average molecular weight is 260 g/mol. The first-order chi connectivity index (χ1) is 7.54. The van der Waals surface area contributed by atoms with Crippen molar-refractivity contribution in [3.63, 3.8) is 0 Å². The zero-order valence-corrected chi connectivity index (χ0v) is 10.9. The third-order valence-electron chi connectivity index (χ3n) is 2.27. The first-order valence-electron chi connectivity index (χ1n) is 5.26. The molecule has 1 atom stereocenters. The number of carbonyl (C=O) groups excluding carboxylic acids is 1. The number of Topliss-reactive ketones (excluding diaryl/α,β-unsaturated/α-hetero) is 1. The highest BCUT2D eigenvalue weighted by molar-refractivity contribution is 6.35. The molecule has 0 bridgehead atoms. The van der Waals surface area contributed by atoms with Crippen LogP contribution in [0.5, 0.6) is 0 Å². The molecule has 1 N–H and O–H groups in total. The molecule has 0 fully saturated rings. The lowest BCUT2D eigenvalue weighted by Crippen LogP contribution is -2.28. The van der Waals surface area contributed by atoms with E-state index in [0.717, 1.165) is 6.54 Å². The Hall–Kier alpha value is -0.570. The van der Waals surface area contributed by atoms with Gasteiger partial charge in [0.2, 0.25) is 0 Å². The standard InChI is InChI=1S/C12H15Cl2NO/c1-3-15-8(2)6-12(16)10-7-9(13)4-5-11(10)14/h4-5,7-8,15H,3,6H2,1-2H3. The highest BCUT2D eigenvalue weighted by Gasteiger charge is 2.13. The number of hydrogen-bond donors (Lipinski definition) is 1. The maximum Gasteiger partial charge on any atom is 0.165 e. The normalized spacial score (nSPS) is 12.5. The number of ketones is 1. The van der Waals surface area contributed by atoms with Crippen molar-refractivity contribution >= 4 is 29.0 Å². The van der Waals surface area contributed by atoms with Crippen molar-refractivity contribution in [2.24, 2.45) is 0 Å². The fraction of sp³-hybridized carbons (Fsp3) is 0.417. The molecule has 0 radical (unpaired) electrons. The Kier molecular flexibility index (Phi) is 5.26. The molecule has 0 aliphatic rings. The van der Waals surface area contributed by atoms with Crippen molar-refractivity contribution < 1.29 is 4.79 Å². The molecule has 0 amide bonds. The van der Waals surface area contributed by atoms with Gasteiger partial charge in [0.1, 0.15) is 0 Å². The van der Waals surface area contributed by atoms with E-state index < -0.39 is 0 Å². The maximum atomic E-state index is 11.9. The number of benzene rings is 1. The lowest BCUT2D eigenvalue weighted by molar-refractivity contribution is 0.0972. The first-order valence-corrected chi connectivity index (χ1v) is 6.01. The monoisotopic (exact) mass is 259 g/mol. The molecule has 88 valence electrons. The minimum Gasteiger partial charge on any atom is -0.314 e. The summed E-state index contributed by atoms with van der Waals surface area (Å²) in [5.74, 6) is 0.0148. The quantitative estimate of drug-likeness (QED) is 0.820. The van der Waals surface area contributed by atoms with Crippen molar-refractivity contribution in [1.29, 1.82) is 0 Å². The van der Waals surface area contributed by atoms with Crippen LogP contribution in [-0.2, 0) is 0 Å². The molecule has 0 saturated heterocycles. The predicted octanol–water partition coefficient (Wildman–Crippen LogP) is 3.56. The fourth-order valence-corrected chi connectivity index (χ4v) is 1.91. The van der Waals surface area contributed by atoms with Crippen molar-refractivity contribution in [3.05, 3.63) is 33.8 Å². The van der Waals surface area contributed by atoms with Gasteiger partial charge in [-0.25, -0.2) is 0 Å².